The second kappa shape index (κ2) is 11.8. The Morgan fingerprint density at radius 3 is 2.07 bits per heavy atom. The van der Waals surface area contributed by atoms with E-state index in [1.165, 1.54) is 36.0 Å². The molecule has 0 spiro atoms. The highest BCUT2D eigenvalue weighted by Gasteiger charge is 2.15. The normalized spacial score (nSPS) is 11.8. The standard InChI is InChI=1S/C25H32O2S/c1-4-5-6-7-20-8-12-22(13-9-20)23-14-10-21(11-15-23)18-24(16-17-28)27-25(26)19(2)3/h8-15,24,28H,2,4-7,16-18H2,1,3H3. The Morgan fingerprint density at radius 2 is 1.57 bits per heavy atom. The molecule has 1 unspecified atom stereocenters. The molecule has 2 aromatic rings. The van der Waals surface area contributed by atoms with Gasteiger partial charge in [0.15, 0.2) is 0 Å². The van der Waals surface area contributed by atoms with Gasteiger partial charge in [0.1, 0.15) is 6.10 Å². The first-order valence-corrected chi connectivity index (χ1v) is 10.8. The van der Waals surface area contributed by atoms with Crippen LogP contribution in [-0.2, 0) is 22.4 Å². The van der Waals surface area contributed by atoms with E-state index in [9.17, 15) is 4.79 Å². The Morgan fingerprint density at radius 1 is 1.00 bits per heavy atom. The Kier molecular flexibility index (Phi) is 9.36. The summed E-state index contributed by atoms with van der Waals surface area (Å²) in [6, 6.07) is 17.4. The van der Waals surface area contributed by atoms with Gasteiger partial charge in [-0.2, -0.15) is 12.6 Å². The smallest absolute Gasteiger partial charge is 0.333 e. The van der Waals surface area contributed by atoms with Crippen molar-refractivity contribution >= 4 is 18.6 Å². The van der Waals surface area contributed by atoms with Crippen LogP contribution in [0.2, 0.25) is 0 Å². The van der Waals surface area contributed by atoms with Gasteiger partial charge in [-0.25, -0.2) is 4.79 Å². The summed E-state index contributed by atoms with van der Waals surface area (Å²) in [4.78, 5) is 11.8. The van der Waals surface area contributed by atoms with Crippen molar-refractivity contribution in [1.29, 1.82) is 0 Å². The first-order chi connectivity index (χ1) is 13.5. The molecule has 0 fully saturated rings. The molecule has 0 aliphatic carbocycles. The maximum atomic E-state index is 11.8. The van der Waals surface area contributed by atoms with E-state index in [4.69, 9.17) is 4.74 Å². The number of benzene rings is 2. The van der Waals surface area contributed by atoms with Crippen molar-refractivity contribution in [1.82, 2.24) is 0 Å². The molecular formula is C25H32O2S. The van der Waals surface area contributed by atoms with E-state index >= 15 is 0 Å². The first kappa shape index (κ1) is 22.3. The van der Waals surface area contributed by atoms with Gasteiger partial charge in [0.05, 0.1) is 0 Å². The fraction of sp³-hybridized carbons (Fsp3) is 0.400. The van der Waals surface area contributed by atoms with E-state index in [0.29, 0.717) is 17.7 Å². The van der Waals surface area contributed by atoms with Gasteiger partial charge in [-0.15, -0.1) is 0 Å². The van der Waals surface area contributed by atoms with Gasteiger partial charge < -0.3 is 4.74 Å². The number of aryl methyl sites for hydroxylation is 1. The summed E-state index contributed by atoms with van der Waals surface area (Å²) in [6.45, 7) is 7.56. The monoisotopic (exact) mass is 396 g/mol. The van der Waals surface area contributed by atoms with Crippen molar-refractivity contribution in [2.45, 2.75) is 58.5 Å². The molecule has 3 heteroatoms. The van der Waals surface area contributed by atoms with E-state index in [2.05, 4.69) is 74.7 Å². The Labute approximate surface area is 175 Å². The zero-order chi connectivity index (χ0) is 20.4. The lowest BCUT2D eigenvalue weighted by Crippen LogP contribution is -2.21. The van der Waals surface area contributed by atoms with Crippen LogP contribution in [0.5, 0.6) is 0 Å². The molecule has 28 heavy (non-hydrogen) atoms. The fourth-order valence-corrected chi connectivity index (χ4v) is 3.43. The molecule has 2 aromatic carbocycles. The maximum Gasteiger partial charge on any atom is 0.333 e. The van der Waals surface area contributed by atoms with Crippen LogP contribution < -0.4 is 0 Å². The Balaban J connectivity index is 1.99. The summed E-state index contributed by atoms with van der Waals surface area (Å²) < 4.78 is 5.54. The quantitative estimate of drug-likeness (QED) is 0.205. The molecule has 2 rings (SSSR count). The lowest BCUT2D eigenvalue weighted by molar-refractivity contribution is -0.144. The molecule has 0 heterocycles. The largest absolute Gasteiger partial charge is 0.459 e. The predicted octanol–water partition coefficient (Wildman–Crippen LogP) is 6.44. The minimum atomic E-state index is -0.331. The number of unbranched alkanes of at least 4 members (excludes halogenated alkanes) is 2. The minimum absolute atomic E-state index is 0.171. The van der Waals surface area contributed by atoms with Crippen LogP contribution in [0.1, 0.15) is 50.7 Å². The molecule has 0 aliphatic rings. The Bertz CT molecular complexity index is 747. The van der Waals surface area contributed by atoms with E-state index < -0.39 is 0 Å². The van der Waals surface area contributed by atoms with Crippen molar-refractivity contribution in [3.8, 4) is 11.1 Å². The SMILES string of the molecule is C=C(C)C(=O)OC(CCS)Cc1ccc(-c2ccc(CCCCC)cc2)cc1. The van der Waals surface area contributed by atoms with Crippen molar-refractivity contribution in [2.24, 2.45) is 0 Å². The molecule has 0 radical (unpaired) electrons. The number of rotatable bonds is 11. The second-order valence-corrected chi connectivity index (χ2v) is 7.82. The number of carbonyl (C=O) groups is 1. The van der Waals surface area contributed by atoms with E-state index in [0.717, 1.165) is 18.4 Å². The lowest BCUT2D eigenvalue weighted by Gasteiger charge is -2.17. The second-order valence-electron chi connectivity index (χ2n) is 7.38. The number of thiol groups is 1. The molecule has 0 saturated carbocycles. The predicted molar refractivity (Wildman–Crippen MR) is 122 cm³/mol. The molecule has 0 N–H and O–H groups in total. The molecule has 0 aliphatic heterocycles. The van der Waals surface area contributed by atoms with Crippen LogP contribution in [0.4, 0.5) is 0 Å². The summed E-state index contributed by atoms with van der Waals surface area (Å²) in [7, 11) is 0. The fourth-order valence-electron chi connectivity index (χ4n) is 3.14. The van der Waals surface area contributed by atoms with Crippen LogP contribution in [-0.4, -0.2) is 17.8 Å². The number of hydrogen-bond donors (Lipinski definition) is 1. The van der Waals surface area contributed by atoms with Gasteiger partial charge in [0.25, 0.3) is 0 Å². The highest BCUT2D eigenvalue weighted by atomic mass is 32.1. The third-order valence-corrected chi connectivity index (χ3v) is 5.11. The van der Waals surface area contributed by atoms with Crippen molar-refractivity contribution < 1.29 is 9.53 Å². The summed E-state index contributed by atoms with van der Waals surface area (Å²) in [6.07, 6.45) is 6.20. The van der Waals surface area contributed by atoms with Crippen LogP contribution >= 0.6 is 12.6 Å². The molecule has 1 atom stereocenters. The average molecular weight is 397 g/mol. The highest BCUT2D eigenvalue weighted by molar-refractivity contribution is 7.80. The van der Waals surface area contributed by atoms with E-state index in [-0.39, 0.29) is 12.1 Å². The third kappa shape index (κ3) is 7.20. The van der Waals surface area contributed by atoms with Crippen LogP contribution in [0.15, 0.2) is 60.7 Å². The van der Waals surface area contributed by atoms with Crippen LogP contribution in [0.25, 0.3) is 11.1 Å². The van der Waals surface area contributed by atoms with E-state index in [1.54, 1.807) is 6.92 Å². The number of carbonyl (C=O) groups excluding carboxylic acids is 1. The van der Waals surface area contributed by atoms with Crippen LogP contribution in [0, 0.1) is 0 Å². The molecule has 0 bridgehead atoms. The van der Waals surface area contributed by atoms with Gasteiger partial charge in [0.2, 0.25) is 0 Å². The van der Waals surface area contributed by atoms with Gasteiger partial charge in [0, 0.05) is 12.0 Å². The zero-order valence-electron chi connectivity index (χ0n) is 17.1. The number of esters is 1. The van der Waals surface area contributed by atoms with Crippen molar-refractivity contribution in [3.05, 3.63) is 71.8 Å². The number of ether oxygens (including phenoxy) is 1. The number of hydrogen-bond acceptors (Lipinski definition) is 3. The van der Waals surface area contributed by atoms with Crippen molar-refractivity contribution in [3.63, 3.8) is 0 Å². The van der Waals surface area contributed by atoms with Crippen molar-refractivity contribution in [2.75, 3.05) is 5.75 Å². The third-order valence-electron chi connectivity index (χ3n) is 4.85. The van der Waals surface area contributed by atoms with Gasteiger partial charge in [-0.3, -0.25) is 0 Å². The van der Waals surface area contributed by atoms with Gasteiger partial charge >= 0.3 is 5.97 Å². The molecular weight excluding hydrogens is 364 g/mol. The topological polar surface area (TPSA) is 26.3 Å². The van der Waals surface area contributed by atoms with Gasteiger partial charge in [-0.05, 0) is 54.2 Å². The first-order valence-electron chi connectivity index (χ1n) is 10.2. The maximum absolute atomic E-state index is 11.8. The molecule has 0 aromatic heterocycles. The molecule has 0 saturated heterocycles. The highest BCUT2D eigenvalue weighted by Crippen LogP contribution is 2.22. The molecule has 150 valence electrons. The van der Waals surface area contributed by atoms with Gasteiger partial charge in [-0.1, -0.05) is 74.9 Å². The summed E-state index contributed by atoms with van der Waals surface area (Å²) in [5.74, 6) is 0.346. The average Bonchev–Trinajstić information content (AvgIpc) is 2.69. The summed E-state index contributed by atoms with van der Waals surface area (Å²) >= 11 is 4.29. The van der Waals surface area contributed by atoms with Crippen LogP contribution in [0.3, 0.4) is 0 Å². The Hall–Kier alpha value is -2.00. The lowest BCUT2D eigenvalue weighted by atomic mass is 9.99. The summed E-state index contributed by atoms with van der Waals surface area (Å²) in [5.41, 5.74) is 5.42. The molecule has 0 amide bonds. The van der Waals surface area contributed by atoms with E-state index in [1.807, 2.05) is 0 Å². The summed E-state index contributed by atoms with van der Waals surface area (Å²) in [5, 5.41) is 0. The zero-order valence-corrected chi connectivity index (χ0v) is 18.0. The minimum Gasteiger partial charge on any atom is -0.459 e. The molecule has 2 nitrogen and oxygen atoms in total.